The predicted octanol–water partition coefficient (Wildman–Crippen LogP) is 3.87. The lowest BCUT2D eigenvalue weighted by Gasteiger charge is -2.42. The lowest BCUT2D eigenvalue weighted by atomic mass is 9.65. The molecule has 1 aromatic rings. The van der Waals surface area contributed by atoms with Crippen molar-refractivity contribution in [1.29, 1.82) is 0 Å². The second-order valence-electron chi connectivity index (χ2n) is 8.14. The zero-order valence-electron chi connectivity index (χ0n) is 15.8. The molecule has 0 atom stereocenters. The fraction of sp³-hybridized carbons (Fsp3) is 0.591. The Bertz CT molecular complexity index is 696. The van der Waals surface area contributed by atoms with Gasteiger partial charge < -0.3 is 10.4 Å². The zero-order valence-corrected chi connectivity index (χ0v) is 15.8. The van der Waals surface area contributed by atoms with Crippen LogP contribution in [0.2, 0.25) is 0 Å². The molecular weight excluding hydrogens is 342 g/mol. The highest BCUT2D eigenvalue weighted by Gasteiger charge is 2.38. The van der Waals surface area contributed by atoms with Gasteiger partial charge in [-0.05, 0) is 69.5 Å². The van der Waals surface area contributed by atoms with Crippen LogP contribution >= 0.6 is 0 Å². The van der Waals surface area contributed by atoms with E-state index in [1.54, 1.807) is 24.3 Å². The van der Waals surface area contributed by atoms with Gasteiger partial charge in [-0.2, -0.15) is 0 Å². The summed E-state index contributed by atoms with van der Waals surface area (Å²) in [5, 5.41) is 12.1. The Kier molecular flexibility index (Phi) is 6.42. The van der Waals surface area contributed by atoms with Gasteiger partial charge in [-0.25, -0.2) is 0 Å². The van der Waals surface area contributed by atoms with Gasteiger partial charge in [0.2, 0.25) is 0 Å². The molecule has 0 radical (unpaired) electrons. The molecule has 27 heavy (non-hydrogen) atoms. The number of hydrogen-bond donors (Lipinski definition) is 2. The third-order valence-electron chi connectivity index (χ3n) is 6.34. The van der Waals surface area contributed by atoms with Gasteiger partial charge in [-0.1, -0.05) is 18.2 Å². The van der Waals surface area contributed by atoms with Crippen LogP contribution < -0.4 is 5.32 Å². The Morgan fingerprint density at radius 3 is 2.33 bits per heavy atom. The molecular formula is C22H29NO4. The standard InChI is InChI=1S/C22H29NO4/c24-19(5-2-6-20(25)26)17-3-1-4-18(15-17)21(27)16-7-9-22(10-8-16)11-13-23-14-12-22/h1,3-4,15-16,23H,2,5-14H2,(H,25,26). The molecule has 2 fully saturated rings. The number of aliphatic carboxylic acids is 1. The summed E-state index contributed by atoms with van der Waals surface area (Å²) in [5.41, 5.74) is 1.56. The first-order valence-electron chi connectivity index (χ1n) is 10.1. The Morgan fingerprint density at radius 1 is 1.00 bits per heavy atom. The summed E-state index contributed by atoms with van der Waals surface area (Å²) in [6.07, 6.45) is 7.07. The molecule has 0 aromatic heterocycles. The lowest BCUT2D eigenvalue weighted by molar-refractivity contribution is -0.137. The van der Waals surface area contributed by atoms with Crippen LogP contribution in [-0.2, 0) is 4.79 Å². The van der Waals surface area contributed by atoms with E-state index in [4.69, 9.17) is 5.11 Å². The van der Waals surface area contributed by atoms with Gasteiger partial charge in [0.05, 0.1) is 0 Å². The first-order valence-corrected chi connectivity index (χ1v) is 10.1. The summed E-state index contributed by atoms with van der Waals surface area (Å²) in [4.78, 5) is 35.8. The Morgan fingerprint density at radius 2 is 1.67 bits per heavy atom. The Hall–Kier alpha value is -2.01. The van der Waals surface area contributed by atoms with E-state index in [9.17, 15) is 14.4 Å². The number of nitrogens with one attached hydrogen (secondary N) is 1. The molecule has 1 aromatic carbocycles. The van der Waals surface area contributed by atoms with Gasteiger partial charge in [-0.15, -0.1) is 0 Å². The summed E-state index contributed by atoms with van der Waals surface area (Å²) < 4.78 is 0. The van der Waals surface area contributed by atoms with Crippen molar-refractivity contribution in [2.24, 2.45) is 11.3 Å². The number of benzene rings is 1. The molecule has 2 aliphatic rings. The van der Waals surface area contributed by atoms with Crippen LogP contribution in [0.5, 0.6) is 0 Å². The maximum Gasteiger partial charge on any atom is 0.303 e. The largest absolute Gasteiger partial charge is 0.481 e. The van der Waals surface area contributed by atoms with E-state index < -0.39 is 5.97 Å². The summed E-state index contributed by atoms with van der Waals surface area (Å²) in [5.74, 6) is -0.777. The monoisotopic (exact) mass is 371 g/mol. The van der Waals surface area contributed by atoms with Gasteiger partial charge >= 0.3 is 5.97 Å². The first kappa shape index (κ1) is 19.7. The summed E-state index contributed by atoms with van der Waals surface area (Å²) in [6.45, 7) is 2.18. The van der Waals surface area contributed by atoms with Crippen molar-refractivity contribution in [2.45, 2.75) is 57.8 Å². The molecule has 3 rings (SSSR count). The number of carbonyl (C=O) groups is 3. The number of rotatable bonds is 7. The second kappa shape index (κ2) is 8.79. The highest BCUT2D eigenvalue weighted by molar-refractivity contribution is 6.02. The van der Waals surface area contributed by atoms with E-state index in [1.807, 2.05) is 0 Å². The van der Waals surface area contributed by atoms with Crippen molar-refractivity contribution in [3.05, 3.63) is 35.4 Å². The van der Waals surface area contributed by atoms with Crippen molar-refractivity contribution in [1.82, 2.24) is 5.32 Å². The fourth-order valence-electron chi connectivity index (χ4n) is 4.58. The number of carboxylic acids is 1. The summed E-state index contributed by atoms with van der Waals surface area (Å²) in [6, 6.07) is 6.96. The van der Waals surface area contributed by atoms with E-state index in [0.717, 1.165) is 38.8 Å². The van der Waals surface area contributed by atoms with E-state index in [2.05, 4.69) is 5.32 Å². The van der Waals surface area contributed by atoms with Crippen LogP contribution in [0, 0.1) is 11.3 Å². The molecule has 5 nitrogen and oxygen atoms in total. The van der Waals surface area contributed by atoms with E-state index in [1.165, 1.54) is 12.8 Å². The zero-order chi connectivity index (χ0) is 19.3. The maximum atomic E-state index is 12.9. The van der Waals surface area contributed by atoms with Crippen LogP contribution in [0.4, 0.5) is 0 Å². The Balaban J connectivity index is 1.59. The predicted molar refractivity (Wildman–Crippen MR) is 103 cm³/mol. The molecule has 1 saturated carbocycles. The van der Waals surface area contributed by atoms with E-state index in [-0.39, 0.29) is 30.3 Å². The molecule has 5 heteroatoms. The van der Waals surface area contributed by atoms with Gasteiger partial charge in [0.25, 0.3) is 0 Å². The lowest BCUT2D eigenvalue weighted by Crippen LogP contribution is -2.40. The first-order chi connectivity index (χ1) is 13.0. The molecule has 1 heterocycles. The minimum atomic E-state index is -0.893. The third kappa shape index (κ3) is 5.04. The van der Waals surface area contributed by atoms with Crippen LogP contribution in [-0.4, -0.2) is 35.7 Å². The molecule has 2 N–H and O–H groups in total. The number of carboxylic acid groups (broad SMARTS) is 1. The molecule has 1 saturated heterocycles. The minimum Gasteiger partial charge on any atom is -0.481 e. The minimum absolute atomic E-state index is 0.0102. The van der Waals surface area contributed by atoms with Crippen molar-refractivity contribution in [2.75, 3.05) is 13.1 Å². The van der Waals surface area contributed by atoms with Crippen molar-refractivity contribution in [3.8, 4) is 0 Å². The number of hydrogen-bond acceptors (Lipinski definition) is 4. The molecule has 0 amide bonds. The summed E-state index contributed by atoms with van der Waals surface area (Å²) >= 11 is 0. The topological polar surface area (TPSA) is 83.5 Å². The number of piperidine rings is 1. The van der Waals surface area contributed by atoms with Gasteiger partial charge in [0.1, 0.15) is 0 Å². The maximum absolute atomic E-state index is 12.9. The Labute approximate surface area is 160 Å². The highest BCUT2D eigenvalue weighted by atomic mass is 16.4. The molecule has 0 bridgehead atoms. The van der Waals surface area contributed by atoms with Crippen LogP contribution in [0.3, 0.4) is 0 Å². The molecule has 1 spiro atoms. The fourth-order valence-corrected chi connectivity index (χ4v) is 4.58. The molecule has 1 aliphatic heterocycles. The normalized spacial score (nSPS) is 19.7. The highest BCUT2D eigenvalue weighted by Crippen LogP contribution is 2.45. The van der Waals surface area contributed by atoms with Gasteiger partial charge in [-0.3, -0.25) is 14.4 Å². The average molecular weight is 371 g/mol. The van der Waals surface area contributed by atoms with E-state index >= 15 is 0 Å². The quantitative estimate of drug-likeness (QED) is 0.711. The van der Waals surface area contributed by atoms with Gasteiger partial charge in [0, 0.05) is 29.9 Å². The SMILES string of the molecule is O=C(O)CCCC(=O)c1cccc(C(=O)C2CCC3(CCNCC3)CC2)c1. The van der Waals surface area contributed by atoms with Crippen molar-refractivity contribution >= 4 is 17.5 Å². The van der Waals surface area contributed by atoms with Crippen molar-refractivity contribution in [3.63, 3.8) is 0 Å². The van der Waals surface area contributed by atoms with Crippen LogP contribution in [0.25, 0.3) is 0 Å². The molecule has 146 valence electrons. The van der Waals surface area contributed by atoms with Crippen molar-refractivity contribution < 1.29 is 19.5 Å². The molecule has 0 unspecified atom stereocenters. The number of carbonyl (C=O) groups excluding carboxylic acids is 2. The van der Waals surface area contributed by atoms with Gasteiger partial charge in [0.15, 0.2) is 11.6 Å². The van der Waals surface area contributed by atoms with E-state index in [0.29, 0.717) is 23.0 Å². The smallest absolute Gasteiger partial charge is 0.303 e. The second-order valence-corrected chi connectivity index (χ2v) is 8.14. The number of Topliss-reactive ketones (excluding diaryl/α,β-unsaturated/α-hetero) is 2. The van der Waals surface area contributed by atoms with Crippen LogP contribution in [0.1, 0.15) is 78.5 Å². The third-order valence-corrected chi connectivity index (χ3v) is 6.34. The average Bonchev–Trinajstić information content (AvgIpc) is 2.68. The van der Waals surface area contributed by atoms with Crippen LogP contribution in [0.15, 0.2) is 24.3 Å². The molecule has 1 aliphatic carbocycles. The summed E-state index contributed by atoms with van der Waals surface area (Å²) in [7, 11) is 0. The number of ketones is 2.